The molecular weight excluding hydrogens is 1060 g/mol. The number of hydrogen-bond donors (Lipinski definition) is 2. The second-order valence-electron chi connectivity index (χ2n) is 16.0. The number of nitrogens with one attached hydrogen (secondary N) is 2. The van der Waals surface area contributed by atoms with Gasteiger partial charge in [-0.15, -0.1) is 46.4 Å². The van der Waals surface area contributed by atoms with Crippen LogP contribution < -0.4 is 15.3 Å². The summed E-state index contributed by atoms with van der Waals surface area (Å²) in [5.41, 5.74) is 8.35. The average Bonchev–Trinajstić information content (AvgIpc) is 4.05. The molecule has 3 aromatic rings. The van der Waals surface area contributed by atoms with Gasteiger partial charge in [0.1, 0.15) is 0 Å². The predicted octanol–water partition coefficient (Wildman–Crippen LogP) is 10.6. The van der Waals surface area contributed by atoms with Crippen LogP contribution in [0.2, 0.25) is 0 Å². The van der Waals surface area contributed by atoms with Crippen LogP contribution in [-0.2, 0) is 33.9 Å². The third kappa shape index (κ3) is 13.2. The van der Waals surface area contributed by atoms with Gasteiger partial charge in [0.25, 0.3) is 0 Å². The summed E-state index contributed by atoms with van der Waals surface area (Å²) in [6, 6.07) is 7.95. The van der Waals surface area contributed by atoms with Gasteiger partial charge in [-0.3, -0.25) is 0 Å². The Bertz CT molecular complexity index is 2670. The van der Waals surface area contributed by atoms with E-state index in [9.17, 15) is 0 Å². The van der Waals surface area contributed by atoms with Crippen molar-refractivity contribution in [2.45, 2.75) is 66.0 Å². The van der Waals surface area contributed by atoms with E-state index in [0.717, 1.165) is 65.1 Å². The minimum Gasteiger partial charge on any atom is -0.550 e. The fourth-order valence-corrected chi connectivity index (χ4v) is 11.4. The first-order chi connectivity index (χ1) is 32.0. The predicted molar refractivity (Wildman–Crippen MR) is 278 cm³/mol. The number of aliphatic carboxylic acids is 3. The Morgan fingerprint density at radius 3 is 0.812 bits per heavy atom. The van der Waals surface area contributed by atoms with Crippen LogP contribution in [-0.4, -0.2) is 55.2 Å². The van der Waals surface area contributed by atoms with Gasteiger partial charge >= 0.3 is 17.4 Å². The van der Waals surface area contributed by atoms with Crippen LogP contribution >= 0.6 is 92.8 Å². The molecule has 0 amide bonds. The third-order valence-electron chi connectivity index (χ3n) is 10.7. The second kappa shape index (κ2) is 22.9. The van der Waals surface area contributed by atoms with Crippen molar-refractivity contribution < 1.29 is 29.7 Å². The van der Waals surface area contributed by atoms with E-state index in [4.69, 9.17) is 132 Å². The normalized spacial score (nSPS) is 23.8. The number of carboxylic acid groups (broad SMARTS) is 3. The van der Waals surface area contributed by atoms with Crippen molar-refractivity contribution in [3.63, 3.8) is 0 Å². The fourth-order valence-electron chi connectivity index (χ4n) is 8.32. The van der Waals surface area contributed by atoms with Gasteiger partial charge in [0.2, 0.25) is 0 Å². The number of nitrogens with zero attached hydrogens (tertiary/aromatic N) is 2. The third-order valence-corrected chi connectivity index (χ3v) is 13.5. The zero-order valence-electron chi connectivity index (χ0n) is 36.8. The molecule has 8 bridgehead atoms. The molecule has 0 radical (unpaired) electrons. The molecule has 2 N–H and O–H groups in total. The Morgan fingerprint density at radius 2 is 0.638 bits per heavy atom. The summed E-state index contributed by atoms with van der Waals surface area (Å²) < 4.78 is 0. The molecule has 9 rings (SSSR count). The number of aromatic nitrogens is 4. The fraction of sp³-hybridized carbons (Fsp3) is 0.220. The molecule has 10 nitrogen and oxygen atoms in total. The molecule has 2 aliphatic heterocycles. The van der Waals surface area contributed by atoms with Crippen LogP contribution in [0, 0.1) is 0 Å². The van der Waals surface area contributed by atoms with Gasteiger partial charge in [-0.1, -0.05) is 95.0 Å². The Balaban J connectivity index is 0.000000616. The van der Waals surface area contributed by atoms with Gasteiger partial charge in [-0.05, 0) is 93.6 Å². The Kier molecular flexibility index (Phi) is 18.5. The van der Waals surface area contributed by atoms with Crippen molar-refractivity contribution in [2.24, 2.45) is 0 Å². The molecule has 69 heavy (non-hydrogen) atoms. The van der Waals surface area contributed by atoms with Crippen molar-refractivity contribution in [3.8, 4) is 0 Å². The van der Waals surface area contributed by atoms with Crippen molar-refractivity contribution in [2.75, 3.05) is 0 Å². The van der Waals surface area contributed by atoms with Gasteiger partial charge in [-0.25, -0.2) is 9.97 Å². The number of rotatable bonds is 4. The molecule has 3 aromatic heterocycles. The molecule has 6 aliphatic rings. The average molecular weight is 1100 g/mol. The van der Waals surface area contributed by atoms with Crippen LogP contribution in [0.5, 0.6) is 0 Å². The minimum atomic E-state index is -1.08. The van der Waals surface area contributed by atoms with Crippen LogP contribution in [0.4, 0.5) is 0 Å². The van der Waals surface area contributed by atoms with E-state index in [-0.39, 0.29) is 17.4 Å². The summed E-state index contributed by atoms with van der Waals surface area (Å²) in [6.45, 7) is 2.92. The molecule has 4 unspecified atom stereocenters. The minimum absolute atomic E-state index is 0. The monoisotopic (exact) mass is 1100 g/mol. The molecule has 5 heterocycles. The van der Waals surface area contributed by atoms with Gasteiger partial charge < -0.3 is 39.7 Å². The largest absolute Gasteiger partial charge is 3.00 e. The Labute approximate surface area is 448 Å². The number of H-pyrrole nitrogens is 2. The van der Waals surface area contributed by atoms with E-state index in [1.807, 2.05) is 121 Å². The molecular formula is C50H39AlCl8N4O6. The van der Waals surface area contributed by atoms with Crippen LogP contribution in [0.15, 0.2) is 117 Å². The molecule has 0 aromatic carbocycles. The molecule has 4 aliphatic carbocycles. The zero-order chi connectivity index (χ0) is 49.8. The Hall–Kier alpha value is -4.22. The quantitative estimate of drug-likeness (QED) is 0.132. The number of halogens is 8. The summed E-state index contributed by atoms with van der Waals surface area (Å²) in [5, 5.41) is 29.1. The number of carboxylic acids is 3. The number of alkyl halides is 4. The van der Waals surface area contributed by atoms with E-state index in [0.29, 0.717) is 68.6 Å². The summed E-state index contributed by atoms with van der Waals surface area (Å²) in [5.74, 6) is -3.25. The van der Waals surface area contributed by atoms with Crippen molar-refractivity contribution in [1.29, 1.82) is 0 Å². The van der Waals surface area contributed by atoms with Crippen LogP contribution in [0.25, 0.3) is 46.4 Å². The Morgan fingerprint density at radius 1 is 0.449 bits per heavy atom. The number of fused-ring (bicyclic) bond motifs is 8. The topological polar surface area (TPSA) is 178 Å². The van der Waals surface area contributed by atoms with Crippen LogP contribution in [0.1, 0.15) is 91.5 Å². The van der Waals surface area contributed by atoms with E-state index in [1.165, 1.54) is 0 Å². The zero-order valence-corrected chi connectivity index (χ0v) is 44.0. The van der Waals surface area contributed by atoms with Gasteiger partial charge in [0, 0.05) is 108 Å². The number of carbonyl (C=O) groups is 3. The molecule has 19 heteroatoms. The van der Waals surface area contributed by atoms with Gasteiger partial charge in [-0.2, -0.15) is 0 Å². The molecule has 0 spiro atoms. The number of carbonyl (C=O) groups excluding carboxylic acids is 3. The van der Waals surface area contributed by atoms with E-state index < -0.39 is 37.4 Å². The van der Waals surface area contributed by atoms with Crippen LogP contribution in [0.3, 0.4) is 0 Å². The molecule has 0 fully saturated rings. The maximum atomic E-state index is 8.89. The molecule has 354 valence electrons. The van der Waals surface area contributed by atoms with Crippen molar-refractivity contribution in [3.05, 3.63) is 162 Å². The summed E-state index contributed by atoms with van der Waals surface area (Å²) in [6.07, 6.45) is 31.8. The van der Waals surface area contributed by atoms with Gasteiger partial charge in [0.15, 0.2) is 0 Å². The first kappa shape index (κ1) is 55.7. The standard InChI is InChI=1S/C44H30Cl8N4.3C2H4O2.Al/c45-25-5-1-17-41(49,21-25)37-29-9-11-31(53-29)38(42(50)18-2-6-26(46)22-42)33-13-15-35(55-33)40(44(52)20-4-8-28(48)24-44)36-16-14-34(56-36)39(32-12-10-30(37)54-32)43(51)19-3-7-27(47)23-43;3*1-2(3)4;/h1-20,53,56H,21-24H2;3*1H3,(H,3,4);/q;;;;+3/p-3. The molecule has 0 saturated carbocycles. The number of aromatic amines is 2. The van der Waals surface area contributed by atoms with Crippen molar-refractivity contribution in [1.82, 2.24) is 19.9 Å². The van der Waals surface area contributed by atoms with Crippen molar-refractivity contribution >= 4 is 174 Å². The maximum Gasteiger partial charge on any atom is 3.00 e. The molecule has 0 saturated heterocycles. The summed E-state index contributed by atoms with van der Waals surface area (Å²) in [7, 11) is 0. The van der Waals surface area contributed by atoms with E-state index >= 15 is 0 Å². The number of hydrogen-bond acceptors (Lipinski definition) is 8. The summed E-state index contributed by atoms with van der Waals surface area (Å²) in [4.78, 5) is 40.4. The smallest absolute Gasteiger partial charge is 0.550 e. The summed E-state index contributed by atoms with van der Waals surface area (Å²) >= 11 is 57.2. The first-order valence-corrected chi connectivity index (χ1v) is 23.6. The van der Waals surface area contributed by atoms with Gasteiger partial charge in [0.05, 0.1) is 42.3 Å². The SMILES string of the molecule is CC(=O)[O-].CC(=O)[O-].CC(=O)[O-].ClC1=CC=CC(Cl)(c2c3nc(c(C4(Cl)C=CC=C(Cl)C4)c4ccc([nH]4)c(C4(Cl)C=CC=C(Cl)C4)c4nc(c(C5(Cl)C=CC=C(Cl)C5)c5ccc2[nH]5)C=C4)C=C3)C1.[Al+3]. The first-order valence-electron chi connectivity index (χ1n) is 20.6. The van der Waals surface area contributed by atoms with E-state index in [2.05, 4.69) is 9.97 Å². The maximum absolute atomic E-state index is 8.89. The molecule has 4 atom stereocenters. The van der Waals surface area contributed by atoms with E-state index in [1.54, 1.807) is 0 Å². The second-order valence-corrected chi connectivity index (χ2v) is 20.7. The number of allylic oxidation sites excluding steroid dienone is 16.